The Morgan fingerprint density at radius 1 is 1.17 bits per heavy atom. The summed E-state index contributed by atoms with van der Waals surface area (Å²) in [6, 6.07) is 6.08. The van der Waals surface area contributed by atoms with E-state index < -0.39 is 10.0 Å². The van der Waals surface area contributed by atoms with Crippen molar-refractivity contribution in [2.75, 3.05) is 37.3 Å². The Hall–Kier alpha value is -1.24. The molecule has 4 rings (SSSR count). The van der Waals surface area contributed by atoms with Crippen molar-refractivity contribution < 1.29 is 8.42 Å². The molecule has 0 radical (unpaired) electrons. The van der Waals surface area contributed by atoms with Crippen LogP contribution in [0.15, 0.2) is 24.4 Å². The van der Waals surface area contributed by atoms with E-state index >= 15 is 0 Å². The molecule has 5 nitrogen and oxygen atoms in total. The third-order valence-corrected chi connectivity index (χ3v) is 7.12. The largest absolute Gasteiger partial charge is 0.371 e. The standard InChI is InChI=1S/C17H22ClN3O2S/c1-24(22,23)21-9-5-17(12-21)3-7-20(8-4-17)16-11-13(18)10-15-14(16)2-6-19-15/h2,6,10-11,19H,3-5,7-9,12H2,1H3. The molecule has 2 aliphatic heterocycles. The van der Waals surface area contributed by atoms with Crippen LogP contribution in [-0.4, -0.2) is 50.1 Å². The van der Waals surface area contributed by atoms with Crippen LogP contribution in [0.5, 0.6) is 0 Å². The van der Waals surface area contributed by atoms with Gasteiger partial charge >= 0.3 is 0 Å². The third-order valence-electron chi connectivity index (χ3n) is 5.65. The number of anilines is 1. The monoisotopic (exact) mass is 367 g/mol. The Morgan fingerprint density at radius 2 is 1.88 bits per heavy atom. The van der Waals surface area contributed by atoms with Crippen LogP contribution in [0.1, 0.15) is 19.3 Å². The van der Waals surface area contributed by atoms with Gasteiger partial charge in [0.05, 0.1) is 6.26 Å². The molecular formula is C17H22ClN3O2S. The normalized spacial score (nSPS) is 21.8. The number of sulfonamides is 1. The van der Waals surface area contributed by atoms with E-state index in [1.165, 1.54) is 17.3 Å². The van der Waals surface area contributed by atoms with Crippen LogP contribution in [0.25, 0.3) is 10.9 Å². The Kier molecular flexibility index (Phi) is 3.82. The van der Waals surface area contributed by atoms with Crippen LogP contribution in [0, 0.1) is 5.41 Å². The van der Waals surface area contributed by atoms with E-state index in [-0.39, 0.29) is 5.41 Å². The van der Waals surface area contributed by atoms with Gasteiger partial charge in [0, 0.05) is 54.0 Å². The zero-order valence-corrected chi connectivity index (χ0v) is 15.3. The molecule has 2 saturated heterocycles. The Morgan fingerprint density at radius 3 is 2.54 bits per heavy atom. The molecule has 2 fully saturated rings. The van der Waals surface area contributed by atoms with Crippen molar-refractivity contribution in [3.05, 3.63) is 29.4 Å². The summed E-state index contributed by atoms with van der Waals surface area (Å²) in [5, 5.41) is 1.93. The second-order valence-corrected chi connectivity index (χ2v) is 9.62. The number of aromatic nitrogens is 1. The fourth-order valence-electron chi connectivity index (χ4n) is 4.18. The van der Waals surface area contributed by atoms with E-state index in [0.717, 1.165) is 42.9 Å². The van der Waals surface area contributed by atoms with E-state index in [1.54, 1.807) is 4.31 Å². The molecule has 0 saturated carbocycles. The smallest absolute Gasteiger partial charge is 0.211 e. The summed E-state index contributed by atoms with van der Waals surface area (Å²) in [6.07, 6.45) is 6.28. The van der Waals surface area contributed by atoms with Gasteiger partial charge in [0.15, 0.2) is 0 Å². The number of benzene rings is 1. The molecule has 7 heteroatoms. The number of hydrogen-bond acceptors (Lipinski definition) is 3. The van der Waals surface area contributed by atoms with Crippen LogP contribution < -0.4 is 4.90 Å². The average Bonchev–Trinajstić information content (AvgIpc) is 3.14. The van der Waals surface area contributed by atoms with Gasteiger partial charge in [0.25, 0.3) is 0 Å². The van der Waals surface area contributed by atoms with Gasteiger partial charge in [0.2, 0.25) is 10.0 Å². The van der Waals surface area contributed by atoms with Crippen molar-refractivity contribution in [2.45, 2.75) is 19.3 Å². The zero-order chi connectivity index (χ0) is 16.9. The highest BCUT2D eigenvalue weighted by atomic mass is 35.5. The van der Waals surface area contributed by atoms with Gasteiger partial charge in [-0.25, -0.2) is 12.7 Å². The summed E-state index contributed by atoms with van der Waals surface area (Å²) in [5.41, 5.74) is 2.38. The Balaban J connectivity index is 1.53. The van der Waals surface area contributed by atoms with Crippen molar-refractivity contribution in [2.24, 2.45) is 5.41 Å². The van der Waals surface area contributed by atoms with Crippen molar-refractivity contribution in [1.29, 1.82) is 0 Å². The number of H-pyrrole nitrogens is 1. The molecule has 24 heavy (non-hydrogen) atoms. The lowest BCUT2D eigenvalue weighted by Gasteiger charge is -2.40. The van der Waals surface area contributed by atoms with E-state index in [1.807, 2.05) is 18.3 Å². The number of aromatic amines is 1. The Bertz CT molecular complexity index is 869. The molecule has 0 amide bonds. The molecular weight excluding hydrogens is 346 g/mol. The first kappa shape index (κ1) is 16.2. The van der Waals surface area contributed by atoms with Crippen LogP contribution in [0.2, 0.25) is 5.02 Å². The summed E-state index contributed by atoms with van der Waals surface area (Å²) in [4.78, 5) is 5.61. The molecule has 1 spiro atoms. The number of nitrogens with one attached hydrogen (secondary N) is 1. The predicted octanol–water partition coefficient (Wildman–Crippen LogP) is 3.07. The summed E-state index contributed by atoms with van der Waals surface area (Å²) < 4.78 is 25.2. The number of rotatable bonds is 2. The minimum absolute atomic E-state index is 0.148. The van der Waals surface area contributed by atoms with Crippen LogP contribution >= 0.6 is 11.6 Å². The van der Waals surface area contributed by atoms with Crippen LogP contribution in [0.4, 0.5) is 5.69 Å². The molecule has 0 aliphatic carbocycles. The lowest BCUT2D eigenvalue weighted by Crippen LogP contribution is -2.42. The number of fused-ring (bicyclic) bond motifs is 1. The fourth-order valence-corrected chi connectivity index (χ4v) is 5.33. The van der Waals surface area contributed by atoms with Crippen molar-refractivity contribution in [3.8, 4) is 0 Å². The maximum absolute atomic E-state index is 11.8. The molecule has 1 aromatic carbocycles. The van der Waals surface area contributed by atoms with Crippen LogP contribution in [0.3, 0.4) is 0 Å². The summed E-state index contributed by atoms with van der Waals surface area (Å²) >= 11 is 6.27. The maximum Gasteiger partial charge on any atom is 0.211 e. The number of piperidine rings is 1. The summed E-state index contributed by atoms with van der Waals surface area (Å²) in [5.74, 6) is 0. The highest BCUT2D eigenvalue weighted by Crippen LogP contribution is 2.43. The maximum atomic E-state index is 11.8. The first-order valence-corrected chi connectivity index (χ1v) is 10.6. The second kappa shape index (κ2) is 5.64. The molecule has 1 aromatic heterocycles. The van der Waals surface area contributed by atoms with Gasteiger partial charge in [-0.2, -0.15) is 0 Å². The van der Waals surface area contributed by atoms with Gasteiger partial charge in [-0.05, 0) is 42.9 Å². The highest BCUT2D eigenvalue weighted by Gasteiger charge is 2.43. The third kappa shape index (κ3) is 2.80. The van der Waals surface area contributed by atoms with Gasteiger partial charge in [0.1, 0.15) is 0 Å². The van der Waals surface area contributed by atoms with Crippen LogP contribution in [-0.2, 0) is 10.0 Å². The minimum Gasteiger partial charge on any atom is -0.371 e. The molecule has 3 heterocycles. The fraction of sp³-hybridized carbons (Fsp3) is 0.529. The topological polar surface area (TPSA) is 56.4 Å². The van der Waals surface area contributed by atoms with E-state index in [0.29, 0.717) is 13.1 Å². The van der Waals surface area contributed by atoms with Gasteiger partial charge in [-0.1, -0.05) is 11.6 Å². The van der Waals surface area contributed by atoms with Gasteiger partial charge in [-0.15, -0.1) is 0 Å². The first-order chi connectivity index (χ1) is 11.4. The molecule has 0 atom stereocenters. The molecule has 2 aliphatic rings. The zero-order valence-electron chi connectivity index (χ0n) is 13.8. The first-order valence-electron chi connectivity index (χ1n) is 8.33. The van der Waals surface area contributed by atoms with Crippen molar-refractivity contribution >= 4 is 38.2 Å². The summed E-state index contributed by atoms with van der Waals surface area (Å²) in [7, 11) is -3.07. The molecule has 1 N–H and O–H groups in total. The molecule has 0 bridgehead atoms. The molecule has 0 unspecified atom stereocenters. The van der Waals surface area contributed by atoms with Crippen molar-refractivity contribution in [3.63, 3.8) is 0 Å². The number of hydrogen-bond donors (Lipinski definition) is 1. The minimum atomic E-state index is -3.07. The number of nitrogens with zero attached hydrogens (tertiary/aromatic N) is 2. The Labute approximate surface area is 147 Å². The lowest BCUT2D eigenvalue weighted by atomic mass is 9.77. The predicted molar refractivity (Wildman–Crippen MR) is 98.2 cm³/mol. The van der Waals surface area contributed by atoms with Gasteiger partial charge < -0.3 is 9.88 Å². The van der Waals surface area contributed by atoms with E-state index in [9.17, 15) is 8.42 Å². The van der Waals surface area contributed by atoms with Gasteiger partial charge in [-0.3, -0.25) is 0 Å². The number of halogens is 1. The van der Waals surface area contributed by atoms with E-state index in [2.05, 4.69) is 16.0 Å². The van der Waals surface area contributed by atoms with Crippen molar-refractivity contribution in [1.82, 2.24) is 9.29 Å². The highest BCUT2D eigenvalue weighted by molar-refractivity contribution is 7.88. The second-order valence-electron chi connectivity index (χ2n) is 7.20. The molecule has 2 aromatic rings. The average molecular weight is 368 g/mol. The quantitative estimate of drug-likeness (QED) is 0.887. The molecule has 130 valence electrons. The van der Waals surface area contributed by atoms with E-state index in [4.69, 9.17) is 11.6 Å². The SMILES string of the molecule is CS(=O)(=O)N1CCC2(CCN(c3cc(Cl)cc4[nH]ccc34)CC2)C1. The summed E-state index contributed by atoms with van der Waals surface area (Å²) in [6.45, 7) is 3.23. The lowest BCUT2D eigenvalue weighted by molar-refractivity contribution is 0.235.